The normalized spacial score (nSPS) is 10.8. The van der Waals surface area contributed by atoms with E-state index in [1.54, 1.807) is 14.2 Å². The molecule has 0 amide bonds. The van der Waals surface area contributed by atoms with Gasteiger partial charge in [0.25, 0.3) is 0 Å². The highest BCUT2D eigenvalue weighted by Crippen LogP contribution is 2.30. The minimum atomic E-state index is 0.267. The van der Waals surface area contributed by atoms with Gasteiger partial charge < -0.3 is 19.5 Å². The van der Waals surface area contributed by atoms with E-state index in [1.807, 2.05) is 12.1 Å². The molecule has 1 aromatic carbocycles. The molecule has 0 aliphatic heterocycles. The molecule has 0 bridgehead atoms. The van der Waals surface area contributed by atoms with Crippen molar-refractivity contribution in [2.75, 3.05) is 34.4 Å². The van der Waals surface area contributed by atoms with Crippen LogP contribution in [0.4, 0.5) is 0 Å². The van der Waals surface area contributed by atoms with Crippen LogP contribution in [0.2, 0.25) is 0 Å². The SMILES string of the molecule is COc1cc(C)c(CN(C)CCCCO)cc1OC. The zero-order chi connectivity index (χ0) is 14.3. The van der Waals surface area contributed by atoms with Crippen molar-refractivity contribution in [2.45, 2.75) is 26.3 Å². The molecule has 0 atom stereocenters. The molecule has 0 saturated carbocycles. The number of aryl methyl sites for hydroxylation is 1. The fourth-order valence-electron chi connectivity index (χ4n) is 2.06. The number of hydrogen-bond donors (Lipinski definition) is 1. The van der Waals surface area contributed by atoms with Crippen LogP contribution in [-0.2, 0) is 6.54 Å². The monoisotopic (exact) mass is 267 g/mol. The van der Waals surface area contributed by atoms with Gasteiger partial charge in [0.1, 0.15) is 0 Å². The van der Waals surface area contributed by atoms with E-state index in [1.165, 1.54) is 11.1 Å². The molecule has 1 rings (SSSR count). The highest BCUT2D eigenvalue weighted by Gasteiger charge is 2.10. The largest absolute Gasteiger partial charge is 0.493 e. The number of aliphatic hydroxyl groups excluding tert-OH is 1. The van der Waals surface area contributed by atoms with E-state index in [0.29, 0.717) is 0 Å². The minimum Gasteiger partial charge on any atom is -0.493 e. The Morgan fingerprint density at radius 3 is 2.32 bits per heavy atom. The first-order chi connectivity index (χ1) is 9.12. The first-order valence-electron chi connectivity index (χ1n) is 6.63. The fourth-order valence-corrected chi connectivity index (χ4v) is 2.06. The number of nitrogens with zero attached hydrogens (tertiary/aromatic N) is 1. The van der Waals surface area contributed by atoms with Crippen molar-refractivity contribution >= 4 is 0 Å². The first kappa shape index (κ1) is 15.8. The van der Waals surface area contributed by atoms with Gasteiger partial charge in [-0.05, 0) is 56.6 Å². The third-order valence-corrected chi connectivity index (χ3v) is 3.23. The number of benzene rings is 1. The van der Waals surface area contributed by atoms with Crippen LogP contribution in [0.3, 0.4) is 0 Å². The highest BCUT2D eigenvalue weighted by atomic mass is 16.5. The van der Waals surface area contributed by atoms with E-state index in [9.17, 15) is 0 Å². The van der Waals surface area contributed by atoms with Crippen LogP contribution < -0.4 is 9.47 Å². The quantitative estimate of drug-likeness (QED) is 0.733. The van der Waals surface area contributed by atoms with Crippen molar-refractivity contribution in [1.29, 1.82) is 0 Å². The second kappa shape index (κ2) is 8.02. The van der Waals surface area contributed by atoms with Gasteiger partial charge in [-0.3, -0.25) is 0 Å². The van der Waals surface area contributed by atoms with Gasteiger partial charge in [0, 0.05) is 13.2 Å². The number of rotatable bonds is 8. The Hall–Kier alpha value is -1.26. The van der Waals surface area contributed by atoms with Crippen molar-refractivity contribution in [3.05, 3.63) is 23.3 Å². The third-order valence-electron chi connectivity index (χ3n) is 3.23. The maximum atomic E-state index is 8.79. The van der Waals surface area contributed by atoms with Crippen LogP contribution in [0.15, 0.2) is 12.1 Å². The van der Waals surface area contributed by atoms with E-state index in [-0.39, 0.29) is 6.61 Å². The minimum absolute atomic E-state index is 0.267. The standard InChI is InChI=1S/C15H25NO3/c1-12-9-14(18-3)15(19-4)10-13(12)11-16(2)7-5-6-8-17/h9-10,17H,5-8,11H2,1-4H3. The van der Waals surface area contributed by atoms with E-state index in [0.717, 1.165) is 37.4 Å². The van der Waals surface area contributed by atoms with Crippen molar-refractivity contribution < 1.29 is 14.6 Å². The maximum absolute atomic E-state index is 8.79. The van der Waals surface area contributed by atoms with E-state index in [2.05, 4.69) is 18.9 Å². The molecule has 19 heavy (non-hydrogen) atoms. The molecule has 0 saturated heterocycles. The Kier molecular flexibility index (Phi) is 6.67. The molecule has 0 spiro atoms. The molecule has 0 aromatic heterocycles. The molecular weight excluding hydrogens is 242 g/mol. The van der Waals surface area contributed by atoms with E-state index >= 15 is 0 Å². The molecule has 0 fully saturated rings. The average Bonchev–Trinajstić information content (AvgIpc) is 2.40. The molecule has 4 nitrogen and oxygen atoms in total. The molecule has 0 aliphatic carbocycles. The molecule has 0 aliphatic rings. The summed E-state index contributed by atoms with van der Waals surface area (Å²) < 4.78 is 10.6. The fraction of sp³-hybridized carbons (Fsp3) is 0.600. The summed E-state index contributed by atoms with van der Waals surface area (Å²) in [4.78, 5) is 2.25. The van der Waals surface area contributed by atoms with Crippen LogP contribution >= 0.6 is 0 Å². The van der Waals surface area contributed by atoms with Crippen molar-refractivity contribution in [1.82, 2.24) is 4.90 Å². The second-order valence-electron chi connectivity index (χ2n) is 4.80. The molecule has 1 N–H and O–H groups in total. The van der Waals surface area contributed by atoms with Gasteiger partial charge in [0.2, 0.25) is 0 Å². The Morgan fingerprint density at radius 1 is 1.11 bits per heavy atom. The van der Waals surface area contributed by atoms with Gasteiger partial charge in [-0.15, -0.1) is 0 Å². The number of unbranched alkanes of at least 4 members (excludes halogenated alkanes) is 1. The summed E-state index contributed by atoms with van der Waals surface area (Å²) in [5.41, 5.74) is 2.44. The zero-order valence-corrected chi connectivity index (χ0v) is 12.4. The summed E-state index contributed by atoms with van der Waals surface area (Å²) in [6, 6.07) is 4.05. The second-order valence-corrected chi connectivity index (χ2v) is 4.80. The van der Waals surface area contributed by atoms with Crippen molar-refractivity contribution in [3.63, 3.8) is 0 Å². The van der Waals surface area contributed by atoms with Gasteiger partial charge >= 0.3 is 0 Å². The van der Waals surface area contributed by atoms with Crippen molar-refractivity contribution in [2.24, 2.45) is 0 Å². The maximum Gasteiger partial charge on any atom is 0.161 e. The Balaban J connectivity index is 2.72. The van der Waals surface area contributed by atoms with Gasteiger partial charge in [-0.2, -0.15) is 0 Å². The predicted molar refractivity (Wildman–Crippen MR) is 76.9 cm³/mol. The summed E-state index contributed by atoms with van der Waals surface area (Å²) in [5.74, 6) is 1.54. The van der Waals surface area contributed by atoms with Crippen molar-refractivity contribution in [3.8, 4) is 11.5 Å². The lowest BCUT2D eigenvalue weighted by Gasteiger charge is -2.19. The Bertz CT molecular complexity index is 393. The topological polar surface area (TPSA) is 41.9 Å². The van der Waals surface area contributed by atoms with Gasteiger partial charge in [-0.1, -0.05) is 0 Å². The molecule has 0 radical (unpaired) electrons. The van der Waals surface area contributed by atoms with Crippen LogP contribution in [0.5, 0.6) is 11.5 Å². The van der Waals surface area contributed by atoms with Crippen LogP contribution in [-0.4, -0.2) is 44.4 Å². The number of aliphatic hydroxyl groups is 1. The summed E-state index contributed by atoms with van der Waals surface area (Å²) in [6.07, 6.45) is 1.87. The van der Waals surface area contributed by atoms with Gasteiger partial charge in [0.15, 0.2) is 11.5 Å². The first-order valence-corrected chi connectivity index (χ1v) is 6.63. The van der Waals surface area contributed by atoms with Gasteiger partial charge in [-0.25, -0.2) is 0 Å². The van der Waals surface area contributed by atoms with E-state index in [4.69, 9.17) is 14.6 Å². The smallest absolute Gasteiger partial charge is 0.161 e. The molecular formula is C15H25NO3. The lowest BCUT2D eigenvalue weighted by Crippen LogP contribution is -2.20. The average molecular weight is 267 g/mol. The lowest BCUT2D eigenvalue weighted by atomic mass is 10.1. The number of ether oxygens (including phenoxy) is 2. The van der Waals surface area contributed by atoms with E-state index < -0.39 is 0 Å². The number of hydrogen-bond acceptors (Lipinski definition) is 4. The molecule has 0 unspecified atom stereocenters. The third kappa shape index (κ3) is 4.73. The Morgan fingerprint density at radius 2 is 1.74 bits per heavy atom. The zero-order valence-electron chi connectivity index (χ0n) is 12.4. The van der Waals surface area contributed by atoms with Crippen LogP contribution in [0.25, 0.3) is 0 Å². The van der Waals surface area contributed by atoms with Crippen LogP contribution in [0, 0.1) is 6.92 Å². The summed E-state index contributed by atoms with van der Waals surface area (Å²) in [5, 5.41) is 8.79. The van der Waals surface area contributed by atoms with Gasteiger partial charge in [0.05, 0.1) is 14.2 Å². The molecule has 108 valence electrons. The molecule has 1 aromatic rings. The lowest BCUT2D eigenvalue weighted by molar-refractivity contribution is 0.260. The summed E-state index contributed by atoms with van der Waals surface area (Å²) in [6.45, 7) is 4.20. The summed E-state index contributed by atoms with van der Waals surface area (Å²) in [7, 11) is 5.40. The number of methoxy groups -OCH3 is 2. The Labute approximate surface area is 115 Å². The highest BCUT2D eigenvalue weighted by molar-refractivity contribution is 5.46. The molecule has 4 heteroatoms. The predicted octanol–water partition coefficient (Wildman–Crippen LogP) is 2.22. The molecule has 0 heterocycles. The van der Waals surface area contributed by atoms with Crippen LogP contribution in [0.1, 0.15) is 24.0 Å². The summed E-state index contributed by atoms with van der Waals surface area (Å²) >= 11 is 0.